The van der Waals surface area contributed by atoms with Crippen LogP contribution in [0.4, 0.5) is 5.69 Å². The summed E-state index contributed by atoms with van der Waals surface area (Å²) in [7, 11) is 1.25. The first-order chi connectivity index (χ1) is 16.0. The smallest absolute Gasteiger partial charge is 0.339 e. The Kier molecular flexibility index (Phi) is 6.17. The number of ether oxygens (including phenoxy) is 2. The van der Waals surface area contributed by atoms with Crippen LogP contribution in [0.2, 0.25) is 0 Å². The van der Waals surface area contributed by atoms with E-state index in [0.29, 0.717) is 11.4 Å². The van der Waals surface area contributed by atoms with E-state index >= 15 is 0 Å². The number of esters is 2. The number of imidazole rings is 1. The molecule has 0 radical (unpaired) electrons. The first-order valence-electron chi connectivity index (χ1n) is 10.2. The van der Waals surface area contributed by atoms with Gasteiger partial charge in [-0.2, -0.15) is 0 Å². The SMILES string of the molecule is COC(=O)c1ccccc1NC(=O)C(C)OC(=O)c1ccccc1-c1nc2ccccc2[nH]1. The molecule has 8 heteroatoms. The zero-order chi connectivity index (χ0) is 23.4. The van der Waals surface area contributed by atoms with Crippen LogP contribution < -0.4 is 5.32 Å². The second-order valence-electron chi connectivity index (χ2n) is 7.22. The maximum Gasteiger partial charge on any atom is 0.339 e. The molecule has 1 aromatic heterocycles. The Balaban J connectivity index is 1.52. The predicted molar refractivity (Wildman–Crippen MR) is 123 cm³/mol. The molecule has 0 saturated heterocycles. The van der Waals surface area contributed by atoms with E-state index < -0.39 is 23.9 Å². The monoisotopic (exact) mass is 443 g/mol. The van der Waals surface area contributed by atoms with E-state index in [-0.39, 0.29) is 16.8 Å². The highest BCUT2D eigenvalue weighted by Crippen LogP contribution is 2.25. The van der Waals surface area contributed by atoms with E-state index in [1.807, 2.05) is 24.3 Å². The number of aromatic amines is 1. The van der Waals surface area contributed by atoms with Gasteiger partial charge in [-0.15, -0.1) is 0 Å². The molecule has 0 aliphatic carbocycles. The summed E-state index contributed by atoms with van der Waals surface area (Å²) in [4.78, 5) is 45.2. The second-order valence-corrected chi connectivity index (χ2v) is 7.22. The number of hydrogen-bond donors (Lipinski definition) is 2. The summed E-state index contributed by atoms with van der Waals surface area (Å²) in [5, 5.41) is 2.61. The van der Waals surface area contributed by atoms with E-state index in [1.54, 1.807) is 42.5 Å². The van der Waals surface area contributed by atoms with Gasteiger partial charge in [-0.1, -0.05) is 42.5 Å². The number of rotatable bonds is 6. The van der Waals surface area contributed by atoms with Crippen molar-refractivity contribution < 1.29 is 23.9 Å². The van der Waals surface area contributed by atoms with Crippen LogP contribution in [0.25, 0.3) is 22.4 Å². The molecule has 166 valence electrons. The van der Waals surface area contributed by atoms with E-state index in [1.165, 1.54) is 20.1 Å². The Morgan fingerprint density at radius 2 is 1.55 bits per heavy atom. The van der Waals surface area contributed by atoms with Crippen molar-refractivity contribution >= 4 is 34.6 Å². The lowest BCUT2D eigenvalue weighted by Gasteiger charge is -2.16. The van der Waals surface area contributed by atoms with E-state index in [9.17, 15) is 14.4 Å². The number of nitrogens with zero attached hydrogens (tertiary/aromatic N) is 1. The van der Waals surface area contributed by atoms with Gasteiger partial charge < -0.3 is 19.8 Å². The second kappa shape index (κ2) is 9.35. The zero-order valence-electron chi connectivity index (χ0n) is 18.0. The summed E-state index contributed by atoms with van der Waals surface area (Å²) in [5.41, 5.74) is 2.90. The highest BCUT2D eigenvalue weighted by atomic mass is 16.5. The van der Waals surface area contributed by atoms with E-state index in [2.05, 4.69) is 15.3 Å². The van der Waals surface area contributed by atoms with E-state index in [4.69, 9.17) is 9.47 Å². The zero-order valence-corrected chi connectivity index (χ0v) is 18.0. The van der Waals surface area contributed by atoms with Gasteiger partial charge in [0.15, 0.2) is 6.10 Å². The van der Waals surface area contributed by atoms with Gasteiger partial charge in [-0.25, -0.2) is 14.6 Å². The molecule has 0 aliphatic rings. The first kappa shape index (κ1) is 21.8. The summed E-state index contributed by atoms with van der Waals surface area (Å²) < 4.78 is 10.2. The lowest BCUT2D eigenvalue weighted by Crippen LogP contribution is -2.30. The summed E-state index contributed by atoms with van der Waals surface area (Å²) in [6.45, 7) is 1.46. The topological polar surface area (TPSA) is 110 Å². The molecule has 1 atom stereocenters. The molecule has 0 saturated carbocycles. The van der Waals surface area contributed by atoms with Crippen molar-refractivity contribution in [2.24, 2.45) is 0 Å². The molecule has 2 N–H and O–H groups in total. The molecule has 1 unspecified atom stereocenters. The Hall–Kier alpha value is -4.46. The Labute approximate surface area is 189 Å². The van der Waals surface area contributed by atoms with Crippen LogP contribution in [-0.4, -0.2) is 41.0 Å². The molecule has 8 nitrogen and oxygen atoms in total. The van der Waals surface area contributed by atoms with Crippen LogP contribution in [0.5, 0.6) is 0 Å². The molecule has 1 amide bonds. The van der Waals surface area contributed by atoms with Gasteiger partial charge >= 0.3 is 11.9 Å². The first-order valence-corrected chi connectivity index (χ1v) is 10.2. The van der Waals surface area contributed by atoms with Crippen molar-refractivity contribution in [3.63, 3.8) is 0 Å². The largest absolute Gasteiger partial charge is 0.465 e. The Morgan fingerprint density at radius 1 is 0.879 bits per heavy atom. The van der Waals surface area contributed by atoms with Gasteiger partial charge in [0.25, 0.3) is 5.91 Å². The third-order valence-electron chi connectivity index (χ3n) is 5.03. The molecule has 0 fully saturated rings. The number of carbonyl (C=O) groups is 3. The van der Waals surface area contributed by atoms with Crippen LogP contribution in [0, 0.1) is 0 Å². The standard InChI is InChI=1S/C25H21N3O5/c1-15(23(29)28-19-12-6-5-11-18(19)24(30)32-2)33-25(31)17-10-4-3-9-16(17)22-26-20-13-7-8-14-21(20)27-22/h3-15H,1-2H3,(H,26,27)(H,28,29). The van der Waals surface area contributed by atoms with Crippen molar-refractivity contribution in [3.8, 4) is 11.4 Å². The number of fused-ring (bicyclic) bond motifs is 1. The minimum Gasteiger partial charge on any atom is -0.465 e. The number of carbonyl (C=O) groups excluding carboxylic acids is 3. The fraction of sp³-hybridized carbons (Fsp3) is 0.120. The molecule has 3 aromatic carbocycles. The number of methoxy groups -OCH3 is 1. The lowest BCUT2D eigenvalue weighted by molar-refractivity contribution is -0.123. The van der Waals surface area contributed by atoms with Crippen molar-refractivity contribution in [1.29, 1.82) is 0 Å². The molecule has 0 spiro atoms. The predicted octanol–water partition coefficient (Wildman–Crippen LogP) is 4.20. The Bertz CT molecular complexity index is 1310. The van der Waals surface area contributed by atoms with Gasteiger partial charge in [0.2, 0.25) is 0 Å². The highest BCUT2D eigenvalue weighted by Gasteiger charge is 2.23. The molecule has 4 aromatic rings. The van der Waals surface area contributed by atoms with Crippen LogP contribution in [0.15, 0.2) is 72.8 Å². The molecular weight excluding hydrogens is 422 g/mol. The molecule has 0 bridgehead atoms. The molecule has 0 aliphatic heterocycles. The van der Waals surface area contributed by atoms with Crippen LogP contribution in [-0.2, 0) is 14.3 Å². The maximum absolute atomic E-state index is 12.9. The third-order valence-corrected chi connectivity index (χ3v) is 5.03. The fourth-order valence-corrected chi connectivity index (χ4v) is 3.34. The number of benzene rings is 3. The van der Waals surface area contributed by atoms with Gasteiger partial charge in [0.05, 0.1) is 35.0 Å². The number of anilines is 1. The van der Waals surface area contributed by atoms with Crippen LogP contribution in [0.1, 0.15) is 27.6 Å². The molecule has 4 rings (SSSR count). The average Bonchev–Trinajstić information content (AvgIpc) is 3.28. The summed E-state index contributed by atoms with van der Waals surface area (Å²) in [6, 6.07) is 20.8. The van der Waals surface area contributed by atoms with Crippen molar-refractivity contribution in [2.45, 2.75) is 13.0 Å². The minimum absolute atomic E-state index is 0.196. The van der Waals surface area contributed by atoms with Crippen molar-refractivity contribution in [1.82, 2.24) is 9.97 Å². The van der Waals surface area contributed by atoms with Crippen molar-refractivity contribution in [2.75, 3.05) is 12.4 Å². The number of H-pyrrole nitrogens is 1. The molecule has 33 heavy (non-hydrogen) atoms. The summed E-state index contributed by atoms with van der Waals surface area (Å²) in [5.74, 6) is -1.32. The normalized spacial score (nSPS) is 11.6. The number of aromatic nitrogens is 2. The minimum atomic E-state index is -1.12. The Morgan fingerprint density at radius 3 is 2.30 bits per heavy atom. The van der Waals surface area contributed by atoms with Crippen LogP contribution >= 0.6 is 0 Å². The van der Waals surface area contributed by atoms with Gasteiger partial charge in [0, 0.05) is 5.56 Å². The maximum atomic E-state index is 12.9. The number of para-hydroxylation sites is 3. The number of nitrogens with one attached hydrogen (secondary N) is 2. The fourth-order valence-electron chi connectivity index (χ4n) is 3.34. The van der Waals surface area contributed by atoms with Gasteiger partial charge in [0.1, 0.15) is 5.82 Å². The third kappa shape index (κ3) is 4.59. The summed E-state index contributed by atoms with van der Waals surface area (Å²) in [6.07, 6.45) is -1.12. The van der Waals surface area contributed by atoms with Gasteiger partial charge in [-0.05, 0) is 37.3 Å². The van der Waals surface area contributed by atoms with E-state index in [0.717, 1.165) is 11.0 Å². The number of hydrogen-bond acceptors (Lipinski definition) is 6. The van der Waals surface area contributed by atoms with Crippen molar-refractivity contribution in [3.05, 3.63) is 83.9 Å². The highest BCUT2D eigenvalue weighted by molar-refractivity contribution is 6.04. The quantitative estimate of drug-likeness (QED) is 0.432. The molecular formula is C25H21N3O5. The molecule has 1 heterocycles. The average molecular weight is 443 g/mol. The van der Waals surface area contributed by atoms with Crippen LogP contribution in [0.3, 0.4) is 0 Å². The lowest BCUT2D eigenvalue weighted by atomic mass is 10.1. The van der Waals surface area contributed by atoms with Gasteiger partial charge in [-0.3, -0.25) is 4.79 Å². The number of amides is 1. The summed E-state index contributed by atoms with van der Waals surface area (Å²) >= 11 is 0.